The Morgan fingerprint density at radius 2 is 2.00 bits per heavy atom. The predicted octanol–water partition coefficient (Wildman–Crippen LogP) is -1.61. The van der Waals surface area contributed by atoms with Crippen LogP contribution in [-0.4, -0.2) is 63.1 Å². The Bertz CT molecular complexity index is 121. The summed E-state index contributed by atoms with van der Waals surface area (Å²) in [5, 5.41) is 15.4. The van der Waals surface area contributed by atoms with Gasteiger partial charge < -0.3 is 21.5 Å². The van der Waals surface area contributed by atoms with Gasteiger partial charge in [-0.25, -0.2) is 0 Å². The van der Waals surface area contributed by atoms with Gasteiger partial charge in [0.2, 0.25) is 0 Å². The number of hydrogen-bond acceptors (Lipinski definition) is 5. The molecule has 0 heterocycles. The number of nitrogens with two attached hydrogens (primary N) is 1. The van der Waals surface area contributed by atoms with E-state index in [4.69, 9.17) is 10.8 Å². The molecule has 86 valence electrons. The average molecular weight is 204 g/mol. The van der Waals surface area contributed by atoms with Gasteiger partial charge in [-0.1, -0.05) is 0 Å². The molecule has 0 aromatic carbocycles. The first-order chi connectivity index (χ1) is 6.72. The highest BCUT2D eigenvalue weighted by Crippen LogP contribution is 1.93. The van der Waals surface area contributed by atoms with Crippen LogP contribution in [0.15, 0.2) is 0 Å². The highest BCUT2D eigenvalue weighted by Gasteiger charge is 2.08. The SMILES string of the molecule is CN(C)C(CCO)NCCNCCN. The van der Waals surface area contributed by atoms with Crippen LogP contribution in [0.2, 0.25) is 0 Å². The Balaban J connectivity index is 3.41. The second-order valence-electron chi connectivity index (χ2n) is 3.48. The normalized spacial score (nSPS) is 13.5. The molecule has 5 nitrogen and oxygen atoms in total. The van der Waals surface area contributed by atoms with Crippen molar-refractivity contribution in [1.82, 2.24) is 15.5 Å². The zero-order valence-corrected chi connectivity index (χ0v) is 9.29. The van der Waals surface area contributed by atoms with Gasteiger partial charge in [-0.2, -0.15) is 0 Å². The van der Waals surface area contributed by atoms with Gasteiger partial charge >= 0.3 is 0 Å². The minimum Gasteiger partial charge on any atom is -0.396 e. The third-order valence-electron chi connectivity index (χ3n) is 2.03. The highest BCUT2D eigenvalue weighted by atomic mass is 16.3. The van der Waals surface area contributed by atoms with Crippen molar-refractivity contribution in [3.05, 3.63) is 0 Å². The standard InChI is InChI=1S/C9H24N4O/c1-13(2)9(3-8-14)12-7-6-11-5-4-10/h9,11-12,14H,3-8,10H2,1-2H3. The van der Waals surface area contributed by atoms with E-state index in [1.165, 1.54) is 0 Å². The number of aliphatic hydroxyl groups is 1. The summed E-state index contributed by atoms with van der Waals surface area (Å²) in [6.07, 6.45) is 1.00. The van der Waals surface area contributed by atoms with E-state index in [1.807, 2.05) is 14.1 Å². The first-order valence-corrected chi connectivity index (χ1v) is 5.13. The molecule has 5 heteroatoms. The first kappa shape index (κ1) is 13.8. The first-order valence-electron chi connectivity index (χ1n) is 5.13. The smallest absolute Gasteiger partial charge is 0.0614 e. The van der Waals surface area contributed by atoms with Gasteiger partial charge in [0.1, 0.15) is 0 Å². The molecule has 0 aliphatic carbocycles. The molecule has 0 fully saturated rings. The molecule has 0 radical (unpaired) electrons. The molecule has 0 aromatic heterocycles. The maximum Gasteiger partial charge on any atom is 0.0614 e. The Hall–Kier alpha value is -0.200. The molecule has 0 aliphatic rings. The van der Waals surface area contributed by atoms with Crippen LogP contribution in [-0.2, 0) is 0 Å². The van der Waals surface area contributed by atoms with Crippen molar-refractivity contribution >= 4 is 0 Å². The van der Waals surface area contributed by atoms with E-state index in [0.717, 1.165) is 26.1 Å². The molecule has 0 saturated heterocycles. The summed E-state index contributed by atoms with van der Waals surface area (Å²) in [6.45, 7) is 3.55. The molecule has 0 bridgehead atoms. The van der Waals surface area contributed by atoms with Crippen LogP contribution in [0.25, 0.3) is 0 Å². The fourth-order valence-corrected chi connectivity index (χ4v) is 1.22. The van der Waals surface area contributed by atoms with E-state index in [9.17, 15) is 0 Å². The van der Waals surface area contributed by atoms with Gasteiger partial charge in [0.05, 0.1) is 6.17 Å². The third kappa shape index (κ3) is 7.23. The number of rotatable bonds is 9. The van der Waals surface area contributed by atoms with E-state index in [1.54, 1.807) is 0 Å². The Morgan fingerprint density at radius 1 is 1.29 bits per heavy atom. The number of nitrogens with zero attached hydrogens (tertiary/aromatic N) is 1. The third-order valence-corrected chi connectivity index (χ3v) is 2.03. The molecular formula is C9H24N4O. The second kappa shape index (κ2) is 9.36. The largest absolute Gasteiger partial charge is 0.396 e. The van der Waals surface area contributed by atoms with Gasteiger partial charge in [0, 0.05) is 32.8 Å². The van der Waals surface area contributed by atoms with E-state index < -0.39 is 0 Å². The summed E-state index contributed by atoms with van der Waals surface area (Å²) in [5.74, 6) is 0. The van der Waals surface area contributed by atoms with Crippen LogP contribution in [0.3, 0.4) is 0 Å². The van der Waals surface area contributed by atoms with Gasteiger partial charge in [0.25, 0.3) is 0 Å². The zero-order chi connectivity index (χ0) is 10.8. The lowest BCUT2D eigenvalue weighted by Crippen LogP contribution is -2.44. The maximum atomic E-state index is 8.83. The van der Waals surface area contributed by atoms with E-state index >= 15 is 0 Å². The lowest BCUT2D eigenvalue weighted by molar-refractivity contribution is 0.182. The number of nitrogens with one attached hydrogen (secondary N) is 2. The maximum absolute atomic E-state index is 8.83. The van der Waals surface area contributed by atoms with Crippen LogP contribution in [0.5, 0.6) is 0 Å². The summed E-state index contributed by atoms with van der Waals surface area (Å²) in [7, 11) is 4.00. The summed E-state index contributed by atoms with van der Waals surface area (Å²) in [4.78, 5) is 2.07. The Morgan fingerprint density at radius 3 is 2.50 bits per heavy atom. The van der Waals surface area contributed by atoms with Crippen molar-refractivity contribution in [1.29, 1.82) is 0 Å². The van der Waals surface area contributed by atoms with Crippen molar-refractivity contribution < 1.29 is 5.11 Å². The summed E-state index contributed by atoms with van der Waals surface area (Å²) >= 11 is 0. The predicted molar refractivity (Wildman–Crippen MR) is 59.1 cm³/mol. The van der Waals surface area contributed by atoms with Crippen LogP contribution >= 0.6 is 0 Å². The van der Waals surface area contributed by atoms with Crippen LogP contribution < -0.4 is 16.4 Å². The number of hydrogen-bond donors (Lipinski definition) is 4. The lowest BCUT2D eigenvalue weighted by atomic mass is 10.3. The van der Waals surface area contributed by atoms with E-state index in [0.29, 0.717) is 6.54 Å². The minimum absolute atomic E-state index is 0.214. The molecule has 0 aliphatic heterocycles. The summed E-state index contributed by atoms with van der Waals surface area (Å²) < 4.78 is 0. The molecular weight excluding hydrogens is 180 g/mol. The fraction of sp³-hybridized carbons (Fsp3) is 1.00. The highest BCUT2D eigenvalue weighted by molar-refractivity contribution is 4.64. The lowest BCUT2D eigenvalue weighted by Gasteiger charge is -2.24. The molecule has 0 spiro atoms. The molecule has 0 aromatic rings. The molecule has 5 N–H and O–H groups in total. The van der Waals surface area contributed by atoms with Crippen molar-refractivity contribution in [2.45, 2.75) is 12.6 Å². The average Bonchev–Trinajstić information content (AvgIpc) is 2.15. The van der Waals surface area contributed by atoms with Crippen molar-refractivity contribution in [2.24, 2.45) is 5.73 Å². The Kier molecular flexibility index (Phi) is 9.23. The molecule has 0 amide bonds. The number of aliphatic hydroxyl groups excluding tert-OH is 1. The van der Waals surface area contributed by atoms with Crippen molar-refractivity contribution in [3.63, 3.8) is 0 Å². The van der Waals surface area contributed by atoms with Gasteiger partial charge in [-0.15, -0.1) is 0 Å². The van der Waals surface area contributed by atoms with Gasteiger partial charge in [-0.05, 0) is 20.5 Å². The minimum atomic E-state index is 0.214. The van der Waals surface area contributed by atoms with Gasteiger partial charge in [0.15, 0.2) is 0 Å². The van der Waals surface area contributed by atoms with Gasteiger partial charge in [-0.3, -0.25) is 4.90 Å². The van der Waals surface area contributed by atoms with Crippen molar-refractivity contribution in [2.75, 3.05) is 46.9 Å². The molecule has 1 atom stereocenters. The molecule has 0 rings (SSSR count). The topological polar surface area (TPSA) is 73.5 Å². The Labute approximate surface area is 86.7 Å². The molecule has 1 unspecified atom stereocenters. The molecule has 0 saturated carbocycles. The summed E-state index contributed by atoms with van der Waals surface area (Å²) in [5.41, 5.74) is 5.34. The fourth-order valence-electron chi connectivity index (χ4n) is 1.22. The van der Waals surface area contributed by atoms with Crippen LogP contribution in [0.4, 0.5) is 0 Å². The zero-order valence-electron chi connectivity index (χ0n) is 9.29. The monoisotopic (exact) mass is 204 g/mol. The quantitative estimate of drug-likeness (QED) is 0.269. The summed E-state index contributed by atoms with van der Waals surface area (Å²) in [6, 6.07) is 0. The van der Waals surface area contributed by atoms with E-state index in [2.05, 4.69) is 15.5 Å². The molecule has 14 heavy (non-hydrogen) atoms. The van der Waals surface area contributed by atoms with Crippen LogP contribution in [0.1, 0.15) is 6.42 Å². The second-order valence-corrected chi connectivity index (χ2v) is 3.48. The van der Waals surface area contributed by atoms with Crippen molar-refractivity contribution in [3.8, 4) is 0 Å². The van der Waals surface area contributed by atoms with Crippen LogP contribution in [0, 0.1) is 0 Å². The van der Waals surface area contributed by atoms with E-state index in [-0.39, 0.29) is 12.8 Å².